The highest BCUT2D eigenvalue weighted by Gasteiger charge is 2.36. The number of carbonyl (C=O) groups excluding carboxylic acids is 2. The molecule has 0 unspecified atom stereocenters. The van der Waals surface area contributed by atoms with Crippen LogP contribution in [0.3, 0.4) is 0 Å². The number of carbonyl (C=O) groups is 2. The van der Waals surface area contributed by atoms with E-state index < -0.39 is 6.04 Å². The Morgan fingerprint density at radius 3 is 2.57 bits per heavy atom. The normalized spacial score (nSPS) is 27.0. The van der Waals surface area contributed by atoms with E-state index in [2.05, 4.69) is 22.9 Å². The van der Waals surface area contributed by atoms with E-state index in [1.807, 2.05) is 24.3 Å². The van der Waals surface area contributed by atoms with Gasteiger partial charge < -0.3 is 16.0 Å². The molecule has 1 aliphatic heterocycles. The smallest absolute Gasteiger partial charge is 0.237 e. The molecule has 1 saturated carbocycles. The summed E-state index contributed by atoms with van der Waals surface area (Å²) in [4.78, 5) is 24.4. The summed E-state index contributed by atoms with van der Waals surface area (Å²) in [6.45, 7) is 2.10. The molecule has 5 nitrogen and oxygen atoms in total. The molecule has 1 saturated heterocycles. The van der Waals surface area contributed by atoms with Crippen molar-refractivity contribution >= 4 is 17.5 Å². The molecule has 1 aromatic rings. The van der Waals surface area contributed by atoms with Crippen molar-refractivity contribution < 1.29 is 9.59 Å². The van der Waals surface area contributed by atoms with E-state index in [4.69, 9.17) is 0 Å². The number of benzene rings is 1. The summed E-state index contributed by atoms with van der Waals surface area (Å²) in [6.07, 6.45) is 5.61. The van der Waals surface area contributed by atoms with Gasteiger partial charge in [0.15, 0.2) is 0 Å². The first kappa shape index (κ1) is 16.0. The van der Waals surface area contributed by atoms with Gasteiger partial charge in [-0.25, -0.2) is 0 Å². The van der Waals surface area contributed by atoms with Crippen molar-refractivity contribution in [1.29, 1.82) is 0 Å². The average Bonchev–Trinajstić information content (AvgIpc) is 2.56. The number of nitrogens with one attached hydrogen (secondary N) is 3. The van der Waals surface area contributed by atoms with Gasteiger partial charge in [0.25, 0.3) is 0 Å². The van der Waals surface area contributed by atoms with Gasteiger partial charge in [-0.1, -0.05) is 31.9 Å². The van der Waals surface area contributed by atoms with E-state index in [9.17, 15) is 9.59 Å². The predicted molar refractivity (Wildman–Crippen MR) is 90.2 cm³/mol. The summed E-state index contributed by atoms with van der Waals surface area (Å²) in [6, 6.07) is 7.94. The Kier molecular flexibility index (Phi) is 4.96. The second kappa shape index (κ2) is 7.13. The Bertz CT molecular complexity index is 570. The fourth-order valence-corrected chi connectivity index (χ4v) is 3.49. The standard InChI is InChI=1S/C18H25N3O2/c1-2-12-7-9-13(10-8-12)19-17(22)11-16-18(23)21-15-6-4-3-5-14(15)20-16/h7-10,14-16,20H,2-6,11H2,1H3,(H,19,22)(H,21,23)/t14-,15-,16+/m0/s1. The van der Waals surface area contributed by atoms with Crippen LogP contribution in [0.1, 0.15) is 44.6 Å². The topological polar surface area (TPSA) is 70.2 Å². The molecule has 0 spiro atoms. The first-order valence-electron chi connectivity index (χ1n) is 8.61. The summed E-state index contributed by atoms with van der Waals surface area (Å²) in [7, 11) is 0. The first-order chi connectivity index (χ1) is 11.2. The molecular weight excluding hydrogens is 290 g/mol. The van der Waals surface area contributed by atoms with Crippen LogP contribution in [0.2, 0.25) is 0 Å². The number of fused-ring (bicyclic) bond motifs is 1. The van der Waals surface area contributed by atoms with E-state index in [0.29, 0.717) is 6.04 Å². The number of rotatable bonds is 4. The molecule has 3 rings (SSSR count). The lowest BCUT2D eigenvalue weighted by Gasteiger charge is -2.40. The molecule has 0 aromatic heterocycles. The molecule has 5 heteroatoms. The van der Waals surface area contributed by atoms with Gasteiger partial charge in [-0.3, -0.25) is 9.59 Å². The lowest BCUT2D eigenvalue weighted by molar-refractivity contribution is -0.129. The summed E-state index contributed by atoms with van der Waals surface area (Å²) in [5.74, 6) is -0.180. The second-order valence-electron chi connectivity index (χ2n) is 6.53. The molecule has 23 heavy (non-hydrogen) atoms. The maximum Gasteiger partial charge on any atom is 0.237 e. The van der Waals surface area contributed by atoms with Gasteiger partial charge in [-0.15, -0.1) is 0 Å². The number of amides is 2. The van der Waals surface area contributed by atoms with Gasteiger partial charge in [0, 0.05) is 17.8 Å². The maximum absolute atomic E-state index is 12.2. The molecule has 3 atom stereocenters. The van der Waals surface area contributed by atoms with Crippen LogP contribution in [-0.2, 0) is 16.0 Å². The number of hydrogen-bond acceptors (Lipinski definition) is 3. The lowest BCUT2D eigenvalue weighted by atomic mass is 9.87. The first-order valence-corrected chi connectivity index (χ1v) is 8.61. The Hall–Kier alpha value is -1.88. The number of piperazine rings is 1. The zero-order valence-corrected chi connectivity index (χ0v) is 13.6. The monoisotopic (exact) mass is 315 g/mol. The number of aryl methyl sites for hydroxylation is 1. The molecule has 0 bridgehead atoms. The summed E-state index contributed by atoms with van der Waals surface area (Å²) in [5, 5.41) is 9.31. The molecule has 1 aliphatic carbocycles. The summed E-state index contributed by atoms with van der Waals surface area (Å²) in [5.41, 5.74) is 2.01. The van der Waals surface area contributed by atoms with E-state index in [1.165, 1.54) is 18.4 Å². The third-order valence-corrected chi connectivity index (χ3v) is 4.86. The molecule has 3 N–H and O–H groups in total. The zero-order valence-electron chi connectivity index (χ0n) is 13.6. The molecule has 1 aromatic carbocycles. The van der Waals surface area contributed by atoms with Crippen molar-refractivity contribution in [3.63, 3.8) is 0 Å². The SMILES string of the molecule is CCc1ccc(NC(=O)C[C@H]2N[C@H]3CCCC[C@@H]3NC2=O)cc1. The Morgan fingerprint density at radius 1 is 1.17 bits per heavy atom. The number of hydrogen-bond donors (Lipinski definition) is 3. The molecule has 2 fully saturated rings. The number of anilines is 1. The van der Waals surface area contributed by atoms with Crippen LogP contribution < -0.4 is 16.0 Å². The van der Waals surface area contributed by atoms with Crippen LogP contribution in [-0.4, -0.2) is 29.9 Å². The second-order valence-corrected chi connectivity index (χ2v) is 6.53. The van der Waals surface area contributed by atoms with Crippen LogP contribution in [0.5, 0.6) is 0 Å². The van der Waals surface area contributed by atoms with Crippen molar-refractivity contribution in [2.75, 3.05) is 5.32 Å². The average molecular weight is 315 g/mol. The van der Waals surface area contributed by atoms with Gasteiger partial charge in [-0.05, 0) is 37.0 Å². The highest BCUT2D eigenvalue weighted by molar-refractivity contribution is 5.95. The minimum Gasteiger partial charge on any atom is -0.350 e. The third-order valence-electron chi connectivity index (χ3n) is 4.86. The van der Waals surface area contributed by atoms with Crippen LogP contribution in [0.25, 0.3) is 0 Å². The Balaban J connectivity index is 1.55. The van der Waals surface area contributed by atoms with Gasteiger partial charge in [0.1, 0.15) is 0 Å². The van der Waals surface area contributed by atoms with Crippen molar-refractivity contribution in [2.45, 2.75) is 63.6 Å². The Morgan fingerprint density at radius 2 is 1.87 bits per heavy atom. The van der Waals surface area contributed by atoms with Crippen LogP contribution in [0.4, 0.5) is 5.69 Å². The minimum atomic E-state index is -0.427. The lowest BCUT2D eigenvalue weighted by Crippen LogP contribution is -2.65. The van der Waals surface area contributed by atoms with Gasteiger partial charge in [0.2, 0.25) is 11.8 Å². The molecule has 2 aliphatic rings. The maximum atomic E-state index is 12.2. The summed E-state index contributed by atoms with van der Waals surface area (Å²) < 4.78 is 0. The fourth-order valence-electron chi connectivity index (χ4n) is 3.49. The van der Waals surface area contributed by atoms with E-state index >= 15 is 0 Å². The van der Waals surface area contributed by atoms with Crippen molar-refractivity contribution in [3.8, 4) is 0 Å². The third kappa shape index (κ3) is 3.91. The van der Waals surface area contributed by atoms with Crippen molar-refractivity contribution in [1.82, 2.24) is 10.6 Å². The van der Waals surface area contributed by atoms with Gasteiger partial charge in [0.05, 0.1) is 12.5 Å². The highest BCUT2D eigenvalue weighted by Crippen LogP contribution is 2.22. The van der Waals surface area contributed by atoms with Crippen molar-refractivity contribution in [3.05, 3.63) is 29.8 Å². The van der Waals surface area contributed by atoms with E-state index in [0.717, 1.165) is 24.9 Å². The van der Waals surface area contributed by atoms with E-state index in [-0.39, 0.29) is 24.3 Å². The van der Waals surface area contributed by atoms with Crippen LogP contribution in [0.15, 0.2) is 24.3 Å². The van der Waals surface area contributed by atoms with E-state index in [1.54, 1.807) is 0 Å². The van der Waals surface area contributed by atoms with Crippen LogP contribution >= 0.6 is 0 Å². The summed E-state index contributed by atoms with van der Waals surface area (Å²) >= 11 is 0. The predicted octanol–water partition coefficient (Wildman–Crippen LogP) is 1.98. The van der Waals surface area contributed by atoms with Crippen molar-refractivity contribution in [2.24, 2.45) is 0 Å². The van der Waals surface area contributed by atoms with Crippen LogP contribution in [0, 0.1) is 0 Å². The molecular formula is C18H25N3O2. The van der Waals surface area contributed by atoms with Gasteiger partial charge in [-0.2, -0.15) is 0 Å². The molecule has 2 amide bonds. The molecule has 0 radical (unpaired) electrons. The molecule has 1 heterocycles. The highest BCUT2D eigenvalue weighted by atomic mass is 16.2. The fraction of sp³-hybridized carbons (Fsp3) is 0.556. The van der Waals surface area contributed by atoms with Gasteiger partial charge >= 0.3 is 0 Å². The minimum absolute atomic E-state index is 0.0513. The molecule has 124 valence electrons. The largest absolute Gasteiger partial charge is 0.350 e. The quantitative estimate of drug-likeness (QED) is 0.795. The Labute approximate surface area is 137 Å². The zero-order chi connectivity index (χ0) is 16.2.